The number of anilines is 1. The maximum absolute atomic E-state index is 12.9. The van der Waals surface area contributed by atoms with Gasteiger partial charge in [-0.25, -0.2) is 9.37 Å². The second kappa shape index (κ2) is 4.85. The molecule has 0 spiro atoms. The summed E-state index contributed by atoms with van der Waals surface area (Å²) in [5, 5.41) is 0. The molecule has 0 saturated carbocycles. The summed E-state index contributed by atoms with van der Waals surface area (Å²) < 4.78 is 12.9. The summed E-state index contributed by atoms with van der Waals surface area (Å²) in [5.41, 5.74) is 2.24. The van der Waals surface area contributed by atoms with Crippen molar-refractivity contribution in [2.75, 3.05) is 18.0 Å². The van der Waals surface area contributed by atoms with E-state index in [2.05, 4.69) is 28.7 Å². The molecule has 4 heteroatoms. The minimum Gasteiger partial charge on any atom is -0.354 e. The van der Waals surface area contributed by atoms with E-state index < -0.39 is 0 Å². The van der Waals surface area contributed by atoms with Crippen LogP contribution in [0.3, 0.4) is 0 Å². The zero-order valence-corrected chi connectivity index (χ0v) is 11.8. The minimum atomic E-state index is -0.188. The van der Waals surface area contributed by atoms with E-state index in [4.69, 9.17) is 0 Å². The second-order valence-electron chi connectivity index (χ2n) is 5.91. The van der Waals surface area contributed by atoms with Gasteiger partial charge in [0.15, 0.2) is 5.82 Å². The Balaban J connectivity index is 1.75. The zero-order chi connectivity index (χ0) is 14.2. The molecule has 1 aromatic heterocycles. The molecule has 0 bridgehead atoms. The molecule has 3 rings (SSSR count). The lowest BCUT2D eigenvalue weighted by Gasteiger charge is -2.21. The van der Waals surface area contributed by atoms with E-state index in [-0.39, 0.29) is 11.2 Å². The van der Waals surface area contributed by atoms with Crippen LogP contribution in [0, 0.1) is 5.82 Å². The lowest BCUT2D eigenvalue weighted by Crippen LogP contribution is -2.30. The molecular weight excluding hydrogens is 253 g/mol. The average Bonchev–Trinajstić information content (AvgIpc) is 2.70. The maximum atomic E-state index is 12.9. The van der Waals surface area contributed by atoms with Crippen molar-refractivity contribution in [3.05, 3.63) is 53.7 Å². The number of nitrogens with zero attached hydrogens (tertiary/aromatic N) is 3. The highest BCUT2D eigenvalue weighted by Crippen LogP contribution is 2.36. The first-order valence-corrected chi connectivity index (χ1v) is 6.87. The van der Waals surface area contributed by atoms with Crippen LogP contribution in [0.5, 0.6) is 0 Å². The molecule has 2 aromatic rings. The van der Waals surface area contributed by atoms with Gasteiger partial charge in [-0.1, -0.05) is 26.0 Å². The summed E-state index contributed by atoms with van der Waals surface area (Å²) >= 11 is 0. The lowest BCUT2D eigenvalue weighted by molar-refractivity contribution is 0.538. The molecule has 0 fully saturated rings. The Morgan fingerprint density at radius 1 is 1.15 bits per heavy atom. The average molecular weight is 271 g/mol. The van der Waals surface area contributed by atoms with Gasteiger partial charge in [0.25, 0.3) is 0 Å². The van der Waals surface area contributed by atoms with Gasteiger partial charge in [0, 0.05) is 30.9 Å². The monoisotopic (exact) mass is 271 g/mol. The minimum absolute atomic E-state index is 0.0341. The summed E-state index contributed by atoms with van der Waals surface area (Å²) in [6.07, 6.45) is 4.38. The van der Waals surface area contributed by atoms with Crippen LogP contribution in [0.25, 0.3) is 0 Å². The molecule has 0 saturated heterocycles. The van der Waals surface area contributed by atoms with Crippen molar-refractivity contribution in [1.82, 2.24) is 9.97 Å². The highest BCUT2D eigenvalue weighted by atomic mass is 19.1. The Morgan fingerprint density at radius 2 is 1.85 bits per heavy atom. The number of benzene rings is 1. The molecule has 20 heavy (non-hydrogen) atoms. The van der Waals surface area contributed by atoms with E-state index in [1.807, 2.05) is 12.1 Å². The van der Waals surface area contributed by atoms with Gasteiger partial charge in [-0.15, -0.1) is 0 Å². The van der Waals surface area contributed by atoms with Crippen molar-refractivity contribution in [3.8, 4) is 0 Å². The summed E-state index contributed by atoms with van der Waals surface area (Å²) in [5.74, 6) is 0.798. The molecular formula is C16H18FN3. The summed E-state index contributed by atoms with van der Waals surface area (Å²) in [4.78, 5) is 11.2. The Labute approximate surface area is 118 Å². The molecule has 1 aromatic carbocycles. The smallest absolute Gasteiger partial charge is 0.150 e. The maximum Gasteiger partial charge on any atom is 0.150 e. The summed E-state index contributed by atoms with van der Waals surface area (Å²) in [7, 11) is 0. The van der Waals surface area contributed by atoms with Crippen LogP contribution >= 0.6 is 0 Å². The van der Waals surface area contributed by atoms with Crippen LogP contribution in [-0.2, 0) is 11.8 Å². The predicted octanol–water partition coefficient (Wildman–Crippen LogP) is 2.96. The third-order valence-electron chi connectivity index (χ3n) is 3.79. The van der Waals surface area contributed by atoms with E-state index in [1.165, 1.54) is 12.1 Å². The molecule has 3 nitrogen and oxygen atoms in total. The molecule has 0 atom stereocenters. The first kappa shape index (κ1) is 13.0. The standard InChI is InChI=1S/C16H18FN3/c1-16(2)11-20(15-14(16)18-8-9-19-15)10-7-12-3-5-13(17)6-4-12/h3-6,8-9H,7,10-11H2,1-2H3. The van der Waals surface area contributed by atoms with E-state index >= 15 is 0 Å². The van der Waals surface area contributed by atoms with E-state index in [0.717, 1.165) is 36.6 Å². The first-order valence-electron chi connectivity index (χ1n) is 6.87. The normalized spacial score (nSPS) is 16.2. The van der Waals surface area contributed by atoms with Crippen LogP contribution in [0.15, 0.2) is 36.7 Å². The quantitative estimate of drug-likeness (QED) is 0.859. The Hall–Kier alpha value is -1.97. The molecule has 2 heterocycles. The topological polar surface area (TPSA) is 29.0 Å². The summed E-state index contributed by atoms with van der Waals surface area (Å²) in [6, 6.07) is 6.70. The molecule has 1 aliphatic heterocycles. The fourth-order valence-corrected chi connectivity index (χ4v) is 2.77. The number of hydrogen-bond acceptors (Lipinski definition) is 3. The zero-order valence-electron chi connectivity index (χ0n) is 11.8. The van der Waals surface area contributed by atoms with E-state index in [0.29, 0.717) is 0 Å². The number of fused-ring (bicyclic) bond motifs is 1. The van der Waals surface area contributed by atoms with Crippen molar-refractivity contribution in [2.45, 2.75) is 25.7 Å². The highest BCUT2D eigenvalue weighted by molar-refractivity contribution is 5.53. The Morgan fingerprint density at radius 3 is 2.60 bits per heavy atom. The molecule has 104 valence electrons. The third-order valence-corrected chi connectivity index (χ3v) is 3.79. The van der Waals surface area contributed by atoms with Gasteiger partial charge in [0.1, 0.15) is 5.82 Å². The molecule has 0 N–H and O–H groups in total. The van der Waals surface area contributed by atoms with Gasteiger partial charge in [-0.05, 0) is 24.1 Å². The number of hydrogen-bond donors (Lipinski definition) is 0. The number of halogens is 1. The van der Waals surface area contributed by atoms with Crippen molar-refractivity contribution in [1.29, 1.82) is 0 Å². The second-order valence-corrected chi connectivity index (χ2v) is 5.91. The third kappa shape index (κ3) is 2.38. The van der Waals surface area contributed by atoms with Crippen molar-refractivity contribution in [3.63, 3.8) is 0 Å². The Bertz CT molecular complexity index is 607. The van der Waals surface area contributed by atoms with E-state index in [1.54, 1.807) is 12.4 Å². The van der Waals surface area contributed by atoms with Crippen LogP contribution < -0.4 is 4.90 Å². The van der Waals surface area contributed by atoms with E-state index in [9.17, 15) is 4.39 Å². The van der Waals surface area contributed by atoms with Gasteiger partial charge < -0.3 is 4.90 Å². The molecule has 0 amide bonds. The molecule has 0 radical (unpaired) electrons. The largest absolute Gasteiger partial charge is 0.354 e. The fourth-order valence-electron chi connectivity index (χ4n) is 2.77. The van der Waals surface area contributed by atoms with Crippen LogP contribution in [-0.4, -0.2) is 23.1 Å². The van der Waals surface area contributed by atoms with Crippen LogP contribution in [0.2, 0.25) is 0 Å². The van der Waals surface area contributed by atoms with Crippen LogP contribution in [0.1, 0.15) is 25.1 Å². The highest BCUT2D eigenvalue weighted by Gasteiger charge is 2.37. The van der Waals surface area contributed by atoms with Gasteiger partial charge in [0.05, 0.1) is 5.69 Å². The number of rotatable bonds is 3. The Kier molecular flexibility index (Phi) is 3.16. The van der Waals surface area contributed by atoms with Gasteiger partial charge in [0.2, 0.25) is 0 Å². The fraction of sp³-hybridized carbons (Fsp3) is 0.375. The predicted molar refractivity (Wildman–Crippen MR) is 77.4 cm³/mol. The van der Waals surface area contributed by atoms with Crippen LogP contribution in [0.4, 0.5) is 10.2 Å². The van der Waals surface area contributed by atoms with Gasteiger partial charge in [-0.2, -0.15) is 0 Å². The first-order chi connectivity index (χ1) is 9.56. The SMILES string of the molecule is CC1(C)CN(CCc2ccc(F)cc2)c2nccnc21. The number of aromatic nitrogens is 2. The van der Waals surface area contributed by atoms with Crippen molar-refractivity contribution >= 4 is 5.82 Å². The molecule has 0 aliphatic carbocycles. The summed E-state index contributed by atoms with van der Waals surface area (Å²) in [6.45, 7) is 6.19. The molecule has 0 unspecified atom stereocenters. The van der Waals surface area contributed by atoms with Gasteiger partial charge in [-0.3, -0.25) is 4.98 Å². The van der Waals surface area contributed by atoms with Gasteiger partial charge >= 0.3 is 0 Å². The van der Waals surface area contributed by atoms with Crippen molar-refractivity contribution in [2.24, 2.45) is 0 Å². The lowest BCUT2D eigenvalue weighted by atomic mass is 9.92. The van der Waals surface area contributed by atoms with Crippen molar-refractivity contribution < 1.29 is 4.39 Å². The molecule has 1 aliphatic rings.